The number of hydrogen-bond donors (Lipinski definition) is 0. The normalized spacial score (nSPS) is 32.5. The molecule has 2 amide bonds. The maximum absolute atomic E-state index is 12.6. The van der Waals surface area contributed by atoms with Gasteiger partial charge in [0.1, 0.15) is 5.75 Å². The summed E-state index contributed by atoms with van der Waals surface area (Å²) in [4.78, 5) is 37.4. The minimum atomic E-state index is -0.397. The van der Waals surface area contributed by atoms with Crippen LogP contribution in [0.2, 0.25) is 0 Å². The van der Waals surface area contributed by atoms with Gasteiger partial charge in [-0.25, -0.2) is 0 Å². The summed E-state index contributed by atoms with van der Waals surface area (Å²) in [6.07, 6.45) is 2.91. The largest absolute Gasteiger partial charge is 0.427 e. The Morgan fingerprint density at radius 3 is 2.05 bits per heavy atom. The van der Waals surface area contributed by atoms with Crippen molar-refractivity contribution in [1.29, 1.82) is 0 Å². The van der Waals surface area contributed by atoms with Crippen molar-refractivity contribution in [2.75, 3.05) is 4.90 Å². The number of fused-ring (bicyclic) bond motifs is 2. The van der Waals surface area contributed by atoms with Crippen molar-refractivity contribution in [3.8, 4) is 5.75 Å². The molecule has 22 heavy (non-hydrogen) atoms. The van der Waals surface area contributed by atoms with Gasteiger partial charge in [0.15, 0.2) is 0 Å². The van der Waals surface area contributed by atoms with E-state index in [-0.39, 0.29) is 23.7 Å². The van der Waals surface area contributed by atoms with E-state index >= 15 is 0 Å². The van der Waals surface area contributed by atoms with Gasteiger partial charge in [0.05, 0.1) is 17.5 Å². The quantitative estimate of drug-likeness (QED) is 0.477. The fraction of sp³-hybridized carbons (Fsp3) is 0.471. The zero-order chi connectivity index (χ0) is 15.4. The van der Waals surface area contributed by atoms with Crippen LogP contribution in [0.25, 0.3) is 0 Å². The van der Waals surface area contributed by atoms with E-state index in [9.17, 15) is 14.4 Å². The number of benzene rings is 1. The molecule has 4 atom stereocenters. The second-order valence-electron chi connectivity index (χ2n) is 6.54. The Labute approximate surface area is 128 Å². The SMILES string of the molecule is CC(=O)Oc1ccc(N2C(=O)C3CC4CC4CC3C2=O)cc1. The van der Waals surface area contributed by atoms with Crippen LogP contribution in [0.15, 0.2) is 24.3 Å². The first-order chi connectivity index (χ1) is 10.5. The summed E-state index contributed by atoms with van der Waals surface area (Å²) < 4.78 is 4.97. The monoisotopic (exact) mass is 299 g/mol. The average molecular weight is 299 g/mol. The molecule has 1 heterocycles. The van der Waals surface area contributed by atoms with Gasteiger partial charge >= 0.3 is 5.97 Å². The van der Waals surface area contributed by atoms with E-state index in [0.717, 1.165) is 12.8 Å². The first-order valence-electron chi connectivity index (χ1n) is 7.71. The fourth-order valence-electron chi connectivity index (χ4n) is 3.94. The number of rotatable bonds is 2. The van der Waals surface area contributed by atoms with Gasteiger partial charge in [0.25, 0.3) is 0 Å². The second kappa shape index (κ2) is 4.66. The third-order valence-electron chi connectivity index (χ3n) is 5.10. The predicted molar refractivity (Wildman–Crippen MR) is 78.1 cm³/mol. The van der Waals surface area contributed by atoms with E-state index in [1.807, 2.05) is 0 Å². The van der Waals surface area contributed by atoms with E-state index < -0.39 is 5.97 Å². The Morgan fingerprint density at radius 2 is 1.55 bits per heavy atom. The number of ether oxygens (including phenoxy) is 1. The lowest BCUT2D eigenvalue weighted by Gasteiger charge is -2.19. The van der Waals surface area contributed by atoms with Crippen molar-refractivity contribution in [2.45, 2.75) is 26.2 Å². The highest BCUT2D eigenvalue weighted by Gasteiger charge is 2.57. The first kappa shape index (κ1) is 13.5. The Bertz CT molecular complexity index is 638. The number of esters is 1. The number of carbonyl (C=O) groups is 3. The highest BCUT2D eigenvalue weighted by Crippen LogP contribution is 2.56. The van der Waals surface area contributed by atoms with E-state index in [1.165, 1.54) is 18.2 Å². The molecule has 1 aromatic rings. The van der Waals surface area contributed by atoms with Gasteiger partial charge < -0.3 is 4.74 Å². The van der Waals surface area contributed by atoms with Gasteiger partial charge in [-0.15, -0.1) is 0 Å². The molecule has 5 heteroatoms. The average Bonchev–Trinajstić information content (AvgIpc) is 3.20. The van der Waals surface area contributed by atoms with Crippen LogP contribution in [-0.4, -0.2) is 17.8 Å². The number of imide groups is 1. The first-order valence-corrected chi connectivity index (χ1v) is 7.71. The van der Waals surface area contributed by atoms with E-state index in [2.05, 4.69) is 0 Å². The Kier molecular flexibility index (Phi) is 2.86. The molecule has 0 N–H and O–H groups in total. The summed E-state index contributed by atoms with van der Waals surface area (Å²) in [5.74, 6) is 0.920. The molecule has 2 aliphatic carbocycles. The van der Waals surface area contributed by atoms with Crippen molar-refractivity contribution in [1.82, 2.24) is 0 Å². The molecular formula is C17H17NO4. The van der Waals surface area contributed by atoms with Crippen LogP contribution < -0.4 is 9.64 Å². The Hall–Kier alpha value is -2.17. The predicted octanol–water partition coefficient (Wildman–Crippen LogP) is 2.15. The van der Waals surface area contributed by atoms with Crippen molar-refractivity contribution >= 4 is 23.5 Å². The van der Waals surface area contributed by atoms with Gasteiger partial charge in [-0.1, -0.05) is 0 Å². The molecule has 3 aliphatic rings. The summed E-state index contributed by atoms with van der Waals surface area (Å²) in [5, 5.41) is 0. The summed E-state index contributed by atoms with van der Waals surface area (Å²) >= 11 is 0. The lowest BCUT2D eigenvalue weighted by atomic mass is 9.81. The molecule has 0 bridgehead atoms. The minimum Gasteiger partial charge on any atom is -0.427 e. The molecule has 1 aromatic carbocycles. The summed E-state index contributed by atoms with van der Waals surface area (Å²) in [5.41, 5.74) is 0.564. The van der Waals surface area contributed by atoms with Gasteiger partial charge in [0, 0.05) is 6.92 Å². The van der Waals surface area contributed by atoms with Gasteiger partial charge in [-0.2, -0.15) is 0 Å². The van der Waals surface area contributed by atoms with Crippen LogP contribution in [0.4, 0.5) is 5.69 Å². The van der Waals surface area contributed by atoms with E-state index in [1.54, 1.807) is 24.3 Å². The van der Waals surface area contributed by atoms with Crippen LogP contribution in [0, 0.1) is 23.7 Å². The molecule has 2 saturated carbocycles. The fourth-order valence-corrected chi connectivity index (χ4v) is 3.94. The number of nitrogens with zero attached hydrogens (tertiary/aromatic N) is 1. The lowest BCUT2D eigenvalue weighted by Crippen LogP contribution is -2.30. The van der Waals surface area contributed by atoms with Crippen LogP contribution in [0.1, 0.15) is 26.2 Å². The van der Waals surface area contributed by atoms with Gasteiger partial charge in [0.2, 0.25) is 11.8 Å². The zero-order valence-electron chi connectivity index (χ0n) is 12.3. The molecule has 1 aliphatic heterocycles. The number of carbonyl (C=O) groups excluding carboxylic acids is 3. The molecule has 0 radical (unpaired) electrons. The standard InChI is InChI=1S/C17H17NO4/c1-9(19)22-13-4-2-12(3-5-13)18-16(20)14-7-10-6-11(10)8-15(14)17(18)21/h2-5,10-11,14-15H,6-8H2,1H3. The summed E-state index contributed by atoms with van der Waals surface area (Å²) in [6, 6.07) is 6.53. The summed E-state index contributed by atoms with van der Waals surface area (Å²) in [6.45, 7) is 1.33. The molecule has 4 rings (SSSR count). The number of hydrogen-bond acceptors (Lipinski definition) is 4. The zero-order valence-corrected chi connectivity index (χ0v) is 12.3. The van der Waals surface area contributed by atoms with Crippen molar-refractivity contribution in [2.24, 2.45) is 23.7 Å². The van der Waals surface area contributed by atoms with Crippen LogP contribution in [0.5, 0.6) is 5.75 Å². The molecule has 1 saturated heterocycles. The third kappa shape index (κ3) is 2.03. The highest BCUT2D eigenvalue weighted by molar-refractivity contribution is 6.22. The highest BCUT2D eigenvalue weighted by atomic mass is 16.5. The molecule has 4 unspecified atom stereocenters. The van der Waals surface area contributed by atoms with Crippen molar-refractivity contribution in [3.63, 3.8) is 0 Å². The Balaban J connectivity index is 1.58. The molecular weight excluding hydrogens is 282 g/mol. The molecule has 5 nitrogen and oxygen atoms in total. The summed E-state index contributed by atoms with van der Waals surface area (Å²) in [7, 11) is 0. The number of anilines is 1. The van der Waals surface area contributed by atoms with Gasteiger partial charge in [-0.05, 0) is 55.4 Å². The van der Waals surface area contributed by atoms with E-state index in [0.29, 0.717) is 23.3 Å². The van der Waals surface area contributed by atoms with Crippen molar-refractivity contribution in [3.05, 3.63) is 24.3 Å². The molecule has 114 valence electrons. The van der Waals surface area contributed by atoms with Crippen LogP contribution in [0.3, 0.4) is 0 Å². The lowest BCUT2D eigenvalue weighted by molar-refractivity contribution is -0.132. The second-order valence-corrected chi connectivity index (χ2v) is 6.54. The maximum atomic E-state index is 12.6. The third-order valence-corrected chi connectivity index (χ3v) is 5.10. The Morgan fingerprint density at radius 1 is 1.00 bits per heavy atom. The topological polar surface area (TPSA) is 63.7 Å². The molecule has 0 aromatic heterocycles. The molecule has 0 spiro atoms. The minimum absolute atomic E-state index is 0.0689. The van der Waals surface area contributed by atoms with Crippen molar-refractivity contribution < 1.29 is 19.1 Å². The van der Waals surface area contributed by atoms with Crippen LogP contribution in [-0.2, 0) is 14.4 Å². The smallest absolute Gasteiger partial charge is 0.308 e. The van der Waals surface area contributed by atoms with E-state index in [4.69, 9.17) is 4.74 Å². The number of amides is 2. The molecule has 3 fully saturated rings. The van der Waals surface area contributed by atoms with Gasteiger partial charge in [-0.3, -0.25) is 19.3 Å². The maximum Gasteiger partial charge on any atom is 0.308 e. The van der Waals surface area contributed by atoms with Crippen LogP contribution >= 0.6 is 0 Å².